The third-order valence-electron chi connectivity index (χ3n) is 4.03. The summed E-state index contributed by atoms with van der Waals surface area (Å²) < 4.78 is 32.7. The first-order valence-electron chi connectivity index (χ1n) is 8.82. The van der Waals surface area contributed by atoms with Gasteiger partial charge in [0.25, 0.3) is 0 Å². The second-order valence-corrected chi connectivity index (χ2v) is 6.30. The Hall–Kier alpha value is -3.06. The molecule has 0 aromatic carbocycles. The van der Waals surface area contributed by atoms with Crippen molar-refractivity contribution in [3.05, 3.63) is 11.9 Å². The van der Waals surface area contributed by atoms with Crippen molar-refractivity contribution in [2.45, 2.75) is 58.0 Å². The average molecular weight is 429 g/mol. The Labute approximate surface area is 171 Å². The minimum absolute atomic E-state index is 0.0636. The summed E-state index contributed by atoms with van der Waals surface area (Å²) in [7, 11) is 2.55. The molecule has 1 aromatic rings. The Morgan fingerprint density at radius 3 is 2.07 bits per heavy atom. The van der Waals surface area contributed by atoms with Gasteiger partial charge in [-0.1, -0.05) is 5.21 Å². The summed E-state index contributed by atoms with van der Waals surface area (Å²) in [4.78, 5) is 47.6. The number of aromatic nitrogens is 3. The highest BCUT2D eigenvalue weighted by atomic mass is 16.7. The average Bonchev–Trinajstić information content (AvgIpc) is 3.11. The van der Waals surface area contributed by atoms with Gasteiger partial charge in [-0.2, -0.15) is 0 Å². The molecular weight excluding hydrogens is 406 g/mol. The maximum Gasteiger partial charge on any atom is 0.339 e. The highest BCUT2D eigenvalue weighted by Gasteiger charge is 2.55. The van der Waals surface area contributed by atoms with E-state index in [2.05, 4.69) is 10.3 Å². The van der Waals surface area contributed by atoms with Gasteiger partial charge in [-0.05, 0) is 0 Å². The fourth-order valence-corrected chi connectivity index (χ4v) is 3.02. The Bertz CT molecular complexity index is 795. The van der Waals surface area contributed by atoms with Gasteiger partial charge in [0.05, 0.1) is 25.6 Å². The van der Waals surface area contributed by atoms with Crippen LogP contribution in [0.3, 0.4) is 0 Å². The number of carbonyl (C=O) groups excluding carboxylic acids is 4. The van der Waals surface area contributed by atoms with Gasteiger partial charge in [-0.25, -0.2) is 9.48 Å². The van der Waals surface area contributed by atoms with Crippen LogP contribution < -0.4 is 0 Å². The van der Waals surface area contributed by atoms with Crippen LogP contribution >= 0.6 is 0 Å². The first kappa shape index (κ1) is 23.2. The summed E-state index contributed by atoms with van der Waals surface area (Å²) in [6.45, 7) is 3.40. The van der Waals surface area contributed by atoms with Gasteiger partial charge in [-0.3, -0.25) is 14.4 Å². The van der Waals surface area contributed by atoms with Crippen LogP contribution in [0.25, 0.3) is 0 Å². The molecule has 0 bridgehead atoms. The number of esters is 4. The minimum Gasteiger partial charge on any atom is -0.467 e. The number of rotatable bonds is 7. The second kappa shape index (κ2) is 10.1. The first-order valence-corrected chi connectivity index (χ1v) is 8.82. The Kier molecular flexibility index (Phi) is 7.83. The highest BCUT2D eigenvalue weighted by molar-refractivity contribution is 5.77. The molecule has 0 aliphatic carbocycles. The topological polar surface area (TPSA) is 154 Å². The monoisotopic (exact) mass is 429 g/mol. The van der Waals surface area contributed by atoms with Crippen molar-refractivity contribution in [1.82, 2.24) is 15.0 Å². The van der Waals surface area contributed by atoms with E-state index in [1.165, 1.54) is 18.0 Å². The summed E-state index contributed by atoms with van der Waals surface area (Å²) in [5, 5.41) is 7.68. The van der Waals surface area contributed by atoms with Gasteiger partial charge >= 0.3 is 23.9 Å². The molecule has 0 saturated carbocycles. The summed E-state index contributed by atoms with van der Waals surface area (Å²) in [6, 6.07) is 0. The summed E-state index contributed by atoms with van der Waals surface area (Å²) in [6.07, 6.45) is -5.61. The molecule has 0 N–H and O–H groups in total. The van der Waals surface area contributed by atoms with E-state index >= 15 is 0 Å². The molecular formula is C17H23N3O10. The second-order valence-electron chi connectivity index (χ2n) is 6.30. The zero-order chi connectivity index (χ0) is 22.4. The smallest absolute Gasteiger partial charge is 0.339 e. The number of carbonyl (C=O) groups is 4. The van der Waals surface area contributed by atoms with Crippen molar-refractivity contribution in [2.75, 3.05) is 14.2 Å². The van der Waals surface area contributed by atoms with Crippen LogP contribution in [0.15, 0.2) is 6.20 Å². The standard InChI is InChI=1S/C17H23N3O10/c1-8(21)27-12-13(28-9(2)22)15(17(24)26-5)30-16(14(12)29-10(3)23)20-11(7-25-4)6-18-19-20/h6,12-16H,7H2,1-5H3. The van der Waals surface area contributed by atoms with Gasteiger partial charge in [0, 0.05) is 27.9 Å². The molecule has 1 aromatic heterocycles. The first-order chi connectivity index (χ1) is 14.2. The van der Waals surface area contributed by atoms with Crippen LogP contribution in [0.2, 0.25) is 0 Å². The van der Waals surface area contributed by atoms with Gasteiger partial charge < -0.3 is 28.4 Å². The number of methoxy groups -OCH3 is 2. The Morgan fingerprint density at radius 1 is 0.967 bits per heavy atom. The van der Waals surface area contributed by atoms with E-state index in [4.69, 9.17) is 28.4 Å². The maximum atomic E-state index is 12.4. The molecule has 13 heteroatoms. The van der Waals surface area contributed by atoms with Crippen molar-refractivity contribution < 1.29 is 47.6 Å². The largest absolute Gasteiger partial charge is 0.467 e. The molecule has 1 fully saturated rings. The molecule has 2 heterocycles. The predicted octanol–water partition coefficient (Wildman–Crippen LogP) is -0.710. The molecule has 0 amide bonds. The van der Waals surface area contributed by atoms with E-state index in [0.717, 1.165) is 27.9 Å². The van der Waals surface area contributed by atoms with Gasteiger partial charge in [-0.15, -0.1) is 5.10 Å². The third kappa shape index (κ3) is 5.30. The molecule has 5 atom stereocenters. The Morgan fingerprint density at radius 2 is 1.53 bits per heavy atom. The van der Waals surface area contributed by atoms with Gasteiger partial charge in [0.1, 0.15) is 0 Å². The predicted molar refractivity (Wildman–Crippen MR) is 93.3 cm³/mol. The lowest BCUT2D eigenvalue weighted by Crippen LogP contribution is -2.61. The van der Waals surface area contributed by atoms with E-state index < -0.39 is 54.5 Å². The van der Waals surface area contributed by atoms with E-state index in [1.807, 2.05) is 0 Å². The van der Waals surface area contributed by atoms with Gasteiger partial charge in [0.2, 0.25) is 0 Å². The molecule has 1 aliphatic heterocycles. The fraction of sp³-hybridized carbons (Fsp3) is 0.647. The van der Waals surface area contributed by atoms with E-state index in [9.17, 15) is 19.2 Å². The van der Waals surface area contributed by atoms with E-state index in [0.29, 0.717) is 5.69 Å². The molecule has 30 heavy (non-hydrogen) atoms. The molecule has 166 valence electrons. The Balaban J connectivity index is 2.59. The van der Waals surface area contributed by atoms with Crippen molar-refractivity contribution >= 4 is 23.9 Å². The summed E-state index contributed by atoms with van der Waals surface area (Å²) in [5.74, 6) is -3.19. The van der Waals surface area contributed by atoms with Crippen LogP contribution in [0, 0.1) is 0 Å². The van der Waals surface area contributed by atoms with Gasteiger partial charge in [0.15, 0.2) is 30.6 Å². The molecule has 1 saturated heterocycles. The normalized spacial score (nSPS) is 25.8. The number of hydrogen-bond donors (Lipinski definition) is 0. The van der Waals surface area contributed by atoms with Crippen molar-refractivity contribution in [3.8, 4) is 0 Å². The van der Waals surface area contributed by atoms with Crippen LogP contribution in [0.4, 0.5) is 0 Å². The zero-order valence-electron chi connectivity index (χ0n) is 17.1. The quantitative estimate of drug-likeness (QED) is 0.397. The van der Waals surface area contributed by atoms with Crippen LogP contribution in [-0.2, 0) is 54.2 Å². The summed E-state index contributed by atoms with van der Waals surface area (Å²) in [5.41, 5.74) is 0.413. The number of nitrogens with zero attached hydrogens (tertiary/aromatic N) is 3. The van der Waals surface area contributed by atoms with Crippen LogP contribution in [-0.4, -0.2) is 77.5 Å². The molecule has 1 aliphatic rings. The van der Waals surface area contributed by atoms with Crippen molar-refractivity contribution in [2.24, 2.45) is 0 Å². The maximum absolute atomic E-state index is 12.4. The van der Waals surface area contributed by atoms with Crippen molar-refractivity contribution in [3.63, 3.8) is 0 Å². The van der Waals surface area contributed by atoms with E-state index in [-0.39, 0.29) is 6.61 Å². The molecule has 0 radical (unpaired) electrons. The lowest BCUT2D eigenvalue weighted by molar-refractivity contribution is -0.265. The van der Waals surface area contributed by atoms with Crippen LogP contribution in [0.1, 0.15) is 32.7 Å². The fourth-order valence-electron chi connectivity index (χ4n) is 3.02. The number of hydrogen-bond acceptors (Lipinski definition) is 12. The summed E-state index contributed by atoms with van der Waals surface area (Å²) >= 11 is 0. The molecule has 2 rings (SSSR count). The highest BCUT2D eigenvalue weighted by Crippen LogP contribution is 2.35. The number of ether oxygens (including phenoxy) is 6. The third-order valence-corrected chi connectivity index (χ3v) is 4.03. The molecule has 5 unspecified atom stereocenters. The van der Waals surface area contributed by atoms with Crippen molar-refractivity contribution in [1.29, 1.82) is 0 Å². The molecule has 0 spiro atoms. The van der Waals surface area contributed by atoms with Crippen LogP contribution in [0.5, 0.6) is 0 Å². The lowest BCUT2D eigenvalue weighted by Gasteiger charge is -2.43. The SMILES string of the molecule is COCc1cnnn1C1OC(C(=O)OC)C(OC(C)=O)C(OC(C)=O)C1OC(C)=O. The zero-order valence-corrected chi connectivity index (χ0v) is 17.1. The molecule has 13 nitrogen and oxygen atoms in total. The van der Waals surface area contributed by atoms with E-state index in [1.54, 1.807) is 0 Å². The lowest BCUT2D eigenvalue weighted by atomic mass is 9.96. The minimum atomic E-state index is -1.51.